The maximum atomic E-state index is 12.9. The number of hydrogen-bond acceptors (Lipinski definition) is 7. The lowest BCUT2D eigenvalue weighted by atomic mass is 9.94. The average molecular weight is 535 g/mol. The van der Waals surface area contributed by atoms with E-state index in [9.17, 15) is 9.59 Å². The van der Waals surface area contributed by atoms with Crippen molar-refractivity contribution in [2.75, 3.05) is 19.0 Å². The van der Waals surface area contributed by atoms with E-state index in [4.69, 9.17) is 37.4 Å². The lowest BCUT2D eigenvalue weighted by Crippen LogP contribution is -2.39. The molecule has 1 amide bonds. The summed E-state index contributed by atoms with van der Waals surface area (Å²) in [5.41, 5.74) is 2.32. The van der Waals surface area contributed by atoms with Gasteiger partial charge in [0.15, 0.2) is 16.7 Å². The molecule has 7 nitrogen and oxygen atoms in total. The number of thioether (sulfide) groups is 1. The highest BCUT2D eigenvalue weighted by atomic mass is 35.5. The maximum Gasteiger partial charge on any atom is 0.338 e. The van der Waals surface area contributed by atoms with Crippen molar-refractivity contribution in [1.29, 1.82) is 0 Å². The molecule has 1 saturated heterocycles. The van der Waals surface area contributed by atoms with Gasteiger partial charge < -0.3 is 14.2 Å². The van der Waals surface area contributed by atoms with E-state index in [1.54, 1.807) is 49.1 Å². The molecule has 2 aliphatic rings. The van der Waals surface area contributed by atoms with Crippen molar-refractivity contribution in [3.8, 4) is 11.5 Å². The Labute approximate surface area is 218 Å². The van der Waals surface area contributed by atoms with Crippen LogP contribution in [0.15, 0.2) is 52.7 Å². The minimum atomic E-state index is -0.678. The van der Waals surface area contributed by atoms with E-state index in [-0.39, 0.29) is 24.9 Å². The number of aliphatic imine (C=N–C) groups is 1. The van der Waals surface area contributed by atoms with Crippen molar-refractivity contribution in [2.45, 2.75) is 33.4 Å². The summed E-state index contributed by atoms with van der Waals surface area (Å²) in [6.45, 7) is 6.19. The molecule has 0 aromatic heterocycles. The second kappa shape index (κ2) is 10.9. The van der Waals surface area contributed by atoms with Gasteiger partial charge in [-0.1, -0.05) is 47.1 Å². The zero-order chi connectivity index (χ0) is 25.1. The summed E-state index contributed by atoms with van der Waals surface area (Å²) < 4.78 is 17.2. The van der Waals surface area contributed by atoms with Crippen LogP contribution in [-0.4, -0.2) is 40.9 Å². The predicted molar refractivity (Wildman–Crippen MR) is 137 cm³/mol. The van der Waals surface area contributed by atoms with Gasteiger partial charge in [-0.05, 0) is 50.6 Å². The number of benzene rings is 2. The standard InChI is InChI=1S/C25H24Cl2N2O5S/c1-4-32-20-10-15(7-9-19(20)34-12-16-6-8-17(26)11-18(16)27)23-22(24(31)33-5-2)14(3)28-25-29(23)21(30)13-35-25/h6-11,23H,4-5,12-13H2,1-3H3. The highest BCUT2D eigenvalue weighted by Gasteiger charge is 2.43. The van der Waals surface area contributed by atoms with E-state index in [1.807, 2.05) is 13.0 Å². The molecule has 0 bridgehead atoms. The molecular formula is C25H24Cl2N2O5S. The van der Waals surface area contributed by atoms with Crippen LogP contribution in [0.3, 0.4) is 0 Å². The van der Waals surface area contributed by atoms with Crippen LogP contribution in [0.1, 0.15) is 37.9 Å². The number of nitrogens with zero attached hydrogens (tertiary/aromatic N) is 2. The van der Waals surface area contributed by atoms with Crippen LogP contribution >= 0.6 is 35.0 Å². The average Bonchev–Trinajstić information content (AvgIpc) is 3.18. The van der Waals surface area contributed by atoms with Gasteiger partial charge in [0.1, 0.15) is 6.61 Å². The van der Waals surface area contributed by atoms with E-state index in [0.717, 1.165) is 5.56 Å². The first-order valence-corrected chi connectivity index (χ1v) is 12.8. The van der Waals surface area contributed by atoms with Crippen molar-refractivity contribution in [3.63, 3.8) is 0 Å². The summed E-state index contributed by atoms with van der Waals surface area (Å²) in [5.74, 6) is 0.633. The molecule has 0 saturated carbocycles. The fraction of sp³-hybridized carbons (Fsp3) is 0.320. The summed E-state index contributed by atoms with van der Waals surface area (Å²) >= 11 is 13.6. The third kappa shape index (κ3) is 5.29. The maximum absolute atomic E-state index is 12.9. The Morgan fingerprint density at radius 3 is 2.63 bits per heavy atom. The molecule has 10 heteroatoms. The molecule has 4 rings (SSSR count). The minimum absolute atomic E-state index is 0.122. The first kappa shape index (κ1) is 25.4. The largest absolute Gasteiger partial charge is 0.490 e. The highest BCUT2D eigenvalue weighted by Crippen LogP contribution is 2.43. The lowest BCUT2D eigenvalue weighted by molar-refractivity contribution is -0.139. The zero-order valence-electron chi connectivity index (χ0n) is 19.5. The number of ether oxygens (including phenoxy) is 3. The zero-order valence-corrected chi connectivity index (χ0v) is 21.8. The number of amides is 1. The van der Waals surface area contributed by atoms with Gasteiger partial charge in [0.25, 0.3) is 0 Å². The first-order valence-electron chi connectivity index (χ1n) is 11.1. The molecule has 0 spiro atoms. The van der Waals surface area contributed by atoms with Gasteiger partial charge in [0.05, 0.1) is 36.3 Å². The summed E-state index contributed by atoms with van der Waals surface area (Å²) in [4.78, 5) is 31.8. The van der Waals surface area contributed by atoms with Gasteiger partial charge in [0.2, 0.25) is 5.91 Å². The molecule has 184 valence electrons. The third-order valence-corrected chi connectivity index (χ3v) is 6.99. The number of esters is 1. The van der Waals surface area contributed by atoms with E-state index in [1.165, 1.54) is 11.8 Å². The first-order chi connectivity index (χ1) is 16.8. The van der Waals surface area contributed by atoms with Crippen molar-refractivity contribution >= 4 is 52.0 Å². The molecular weight excluding hydrogens is 511 g/mol. The molecule has 2 aromatic rings. The van der Waals surface area contributed by atoms with Crippen molar-refractivity contribution in [1.82, 2.24) is 4.90 Å². The summed E-state index contributed by atoms with van der Waals surface area (Å²) in [5, 5.41) is 1.62. The molecule has 0 aliphatic carbocycles. The van der Waals surface area contributed by atoms with Gasteiger partial charge in [-0.25, -0.2) is 9.79 Å². The van der Waals surface area contributed by atoms with Crippen molar-refractivity contribution in [2.24, 2.45) is 4.99 Å². The van der Waals surface area contributed by atoms with Crippen LogP contribution in [0.4, 0.5) is 0 Å². The predicted octanol–water partition coefficient (Wildman–Crippen LogP) is 5.79. The number of rotatable bonds is 8. The topological polar surface area (TPSA) is 77.4 Å². The molecule has 35 heavy (non-hydrogen) atoms. The molecule has 2 aromatic carbocycles. The molecule has 1 fully saturated rings. The van der Waals surface area contributed by atoms with Gasteiger partial charge in [-0.3, -0.25) is 9.69 Å². The van der Waals surface area contributed by atoms with Crippen LogP contribution in [0.25, 0.3) is 0 Å². The van der Waals surface area contributed by atoms with E-state index in [2.05, 4.69) is 4.99 Å². The van der Waals surface area contributed by atoms with Crippen molar-refractivity contribution in [3.05, 3.63) is 68.8 Å². The van der Waals surface area contributed by atoms with Crippen LogP contribution in [0, 0.1) is 0 Å². The molecule has 1 atom stereocenters. The van der Waals surface area contributed by atoms with Gasteiger partial charge in [0, 0.05) is 15.6 Å². The second-order valence-electron chi connectivity index (χ2n) is 7.73. The van der Waals surface area contributed by atoms with Crippen LogP contribution in [0.5, 0.6) is 11.5 Å². The fourth-order valence-corrected chi connectivity index (χ4v) is 5.31. The Morgan fingerprint density at radius 1 is 1.11 bits per heavy atom. The SMILES string of the molecule is CCOC(=O)C1=C(C)N=C2SCC(=O)N2C1c1ccc(OCc2ccc(Cl)cc2Cl)c(OCC)c1. The van der Waals surface area contributed by atoms with E-state index < -0.39 is 12.0 Å². The molecule has 0 radical (unpaired) electrons. The number of amidine groups is 1. The minimum Gasteiger partial charge on any atom is -0.490 e. The Bertz CT molecular complexity index is 1230. The van der Waals surface area contributed by atoms with Gasteiger partial charge in [-0.2, -0.15) is 0 Å². The molecule has 1 unspecified atom stereocenters. The third-order valence-electron chi connectivity index (χ3n) is 5.46. The summed E-state index contributed by atoms with van der Waals surface area (Å²) in [6, 6.07) is 9.91. The molecule has 2 heterocycles. The Hall–Kier alpha value is -2.68. The Morgan fingerprint density at radius 2 is 1.91 bits per heavy atom. The molecule has 2 aliphatic heterocycles. The fourth-order valence-electron chi connectivity index (χ4n) is 3.90. The van der Waals surface area contributed by atoms with Crippen molar-refractivity contribution < 1.29 is 23.8 Å². The second-order valence-corrected chi connectivity index (χ2v) is 9.52. The normalized spacial score (nSPS) is 17.3. The lowest BCUT2D eigenvalue weighted by Gasteiger charge is -2.33. The smallest absolute Gasteiger partial charge is 0.338 e. The number of fused-ring (bicyclic) bond motifs is 1. The van der Waals surface area contributed by atoms with Gasteiger partial charge >= 0.3 is 5.97 Å². The number of carbonyl (C=O) groups is 2. The summed E-state index contributed by atoms with van der Waals surface area (Å²) in [7, 11) is 0. The Balaban J connectivity index is 1.70. The van der Waals surface area contributed by atoms with Crippen LogP contribution in [-0.2, 0) is 20.9 Å². The Kier molecular flexibility index (Phi) is 7.94. The quantitative estimate of drug-likeness (QED) is 0.398. The molecule has 0 N–H and O–H groups in total. The number of allylic oxidation sites excluding steroid dienone is 1. The van der Waals surface area contributed by atoms with E-state index >= 15 is 0 Å². The van der Waals surface area contributed by atoms with Crippen LogP contribution in [0.2, 0.25) is 10.0 Å². The van der Waals surface area contributed by atoms with Gasteiger partial charge in [-0.15, -0.1) is 0 Å². The highest BCUT2D eigenvalue weighted by molar-refractivity contribution is 8.15. The van der Waals surface area contributed by atoms with Crippen LogP contribution < -0.4 is 9.47 Å². The van der Waals surface area contributed by atoms with E-state index in [0.29, 0.717) is 50.2 Å². The summed E-state index contributed by atoms with van der Waals surface area (Å²) in [6.07, 6.45) is 0. The number of hydrogen-bond donors (Lipinski definition) is 0. The number of halogens is 2. The number of carbonyl (C=O) groups excluding carboxylic acids is 2. The monoisotopic (exact) mass is 534 g/mol.